The van der Waals surface area contributed by atoms with Crippen molar-refractivity contribution in [2.45, 2.75) is 13.3 Å². The summed E-state index contributed by atoms with van der Waals surface area (Å²) >= 11 is 7.91. The average Bonchev–Trinajstić information content (AvgIpc) is 3.11. The molecule has 1 N–H and O–H groups in total. The largest absolute Gasteiger partial charge is 0.335 e. The Morgan fingerprint density at radius 3 is 2.47 bits per heavy atom. The van der Waals surface area contributed by atoms with E-state index in [0.29, 0.717) is 42.6 Å². The number of nitrogens with zero attached hydrogens (tertiary/aromatic N) is 2. The van der Waals surface area contributed by atoms with Gasteiger partial charge in [-0.3, -0.25) is 14.5 Å². The molecule has 1 saturated heterocycles. The highest BCUT2D eigenvalue weighted by Gasteiger charge is 2.26. The van der Waals surface area contributed by atoms with Gasteiger partial charge >= 0.3 is 0 Å². The van der Waals surface area contributed by atoms with Gasteiger partial charge in [-0.05, 0) is 24.1 Å². The molecule has 2 aromatic carbocycles. The van der Waals surface area contributed by atoms with Gasteiger partial charge in [-0.2, -0.15) is 0 Å². The smallest absolute Gasteiger partial charge is 0.265 e. The molecule has 7 heteroatoms. The number of fused-ring (bicyclic) bond motifs is 1. The maximum Gasteiger partial charge on any atom is 0.265 e. The molecule has 1 aromatic heterocycles. The number of halogens is 1. The zero-order chi connectivity index (χ0) is 21.1. The van der Waals surface area contributed by atoms with Gasteiger partial charge in [-0.1, -0.05) is 54.9 Å². The number of nitrogens with one attached hydrogen (secondary N) is 1. The minimum absolute atomic E-state index is 0.0248. The summed E-state index contributed by atoms with van der Waals surface area (Å²) in [6.07, 6.45) is 0.873. The molecule has 0 atom stereocenters. The lowest BCUT2D eigenvalue weighted by molar-refractivity contribution is -0.117. The van der Waals surface area contributed by atoms with Gasteiger partial charge in [-0.15, -0.1) is 11.3 Å². The Hall–Kier alpha value is -2.41. The number of anilines is 1. The third-order valence-electron chi connectivity index (χ3n) is 5.43. The van der Waals surface area contributed by atoms with E-state index in [1.165, 1.54) is 11.3 Å². The first-order valence-electron chi connectivity index (χ1n) is 10.1. The third-order valence-corrected chi connectivity index (χ3v) is 7.09. The molecule has 1 fully saturated rings. The third kappa shape index (κ3) is 4.36. The number of piperazine rings is 1. The Morgan fingerprint density at radius 2 is 1.73 bits per heavy atom. The van der Waals surface area contributed by atoms with Crippen LogP contribution in [-0.4, -0.2) is 54.3 Å². The number of para-hydroxylation sites is 1. The molecule has 5 nitrogen and oxygen atoms in total. The number of carbonyl (C=O) groups is 2. The molecule has 0 bridgehead atoms. The topological polar surface area (TPSA) is 52.7 Å². The number of hydrogen-bond donors (Lipinski definition) is 1. The molecule has 2 amide bonds. The summed E-state index contributed by atoms with van der Waals surface area (Å²) in [6, 6.07) is 15.7. The van der Waals surface area contributed by atoms with E-state index < -0.39 is 0 Å². The Balaban J connectivity index is 1.34. The number of thiophene rings is 1. The van der Waals surface area contributed by atoms with Crippen molar-refractivity contribution in [2.75, 3.05) is 38.0 Å². The fraction of sp³-hybridized carbons (Fsp3) is 0.304. The number of carbonyl (C=O) groups excluding carboxylic acids is 2. The van der Waals surface area contributed by atoms with Crippen LogP contribution in [0.3, 0.4) is 0 Å². The maximum absolute atomic E-state index is 13.0. The first kappa shape index (κ1) is 20.8. The molecular formula is C23H24ClN3O2S. The fourth-order valence-electron chi connectivity index (χ4n) is 3.75. The molecule has 2 heterocycles. The van der Waals surface area contributed by atoms with Crippen molar-refractivity contribution in [1.29, 1.82) is 0 Å². The predicted octanol–water partition coefficient (Wildman–Crippen LogP) is 4.51. The Bertz CT molecular complexity index is 1070. The molecule has 156 valence electrons. The minimum Gasteiger partial charge on any atom is -0.335 e. The summed E-state index contributed by atoms with van der Waals surface area (Å²) < 4.78 is 1.02. The van der Waals surface area contributed by atoms with Gasteiger partial charge < -0.3 is 10.2 Å². The van der Waals surface area contributed by atoms with Crippen molar-refractivity contribution in [3.05, 3.63) is 64.0 Å². The van der Waals surface area contributed by atoms with Crippen LogP contribution in [-0.2, 0) is 11.2 Å². The van der Waals surface area contributed by atoms with Crippen LogP contribution in [0.2, 0.25) is 5.02 Å². The van der Waals surface area contributed by atoms with Crippen molar-refractivity contribution in [2.24, 2.45) is 0 Å². The van der Waals surface area contributed by atoms with E-state index in [-0.39, 0.29) is 11.8 Å². The maximum atomic E-state index is 13.0. The highest BCUT2D eigenvalue weighted by molar-refractivity contribution is 7.21. The van der Waals surface area contributed by atoms with E-state index in [1.54, 1.807) is 0 Å². The zero-order valence-corrected chi connectivity index (χ0v) is 18.4. The van der Waals surface area contributed by atoms with Gasteiger partial charge in [0, 0.05) is 42.0 Å². The van der Waals surface area contributed by atoms with Crippen LogP contribution >= 0.6 is 22.9 Å². The molecule has 0 spiro atoms. The first-order chi connectivity index (χ1) is 14.6. The average molecular weight is 442 g/mol. The molecule has 0 aliphatic carbocycles. The minimum atomic E-state index is -0.0258. The predicted molar refractivity (Wildman–Crippen MR) is 124 cm³/mol. The second kappa shape index (κ2) is 9.16. The molecule has 30 heavy (non-hydrogen) atoms. The van der Waals surface area contributed by atoms with Gasteiger partial charge in [-0.25, -0.2) is 0 Å². The molecule has 1 aliphatic rings. The van der Waals surface area contributed by atoms with Crippen molar-refractivity contribution < 1.29 is 9.59 Å². The van der Waals surface area contributed by atoms with Crippen molar-refractivity contribution >= 4 is 50.5 Å². The molecule has 0 unspecified atom stereocenters. The summed E-state index contributed by atoms with van der Waals surface area (Å²) in [5.41, 5.74) is 2.00. The van der Waals surface area contributed by atoms with E-state index in [0.717, 1.165) is 27.8 Å². The van der Waals surface area contributed by atoms with Gasteiger partial charge in [0.15, 0.2) is 0 Å². The van der Waals surface area contributed by atoms with Crippen molar-refractivity contribution in [3.63, 3.8) is 0 Å². The molecule has 4 rings (SSSR count). The monoisotopic (exact) mass is 441 g/mol. The normalized spacial score (nSPS) is 14.8. The Labute approximate surface area is 185 Å². The highest BCUT2D eigenvalue weighted by atomic mass is 35.5. The van der Waals surface area contributed by atoms with Gasteiger partial charge in [0.25, 0.3) is 5.91 Å². The second-order valence-corrected chi connectivity index (χ2v) is 8.80. The lowest BCUT2D eigenvalue weighted by Crippen LogP contribution is -2.50. The summed E-state index contributed by atoms with van der Waals surface area (Å²) in [4.78, 5) is 30.0. The van der Waals surface area contributed by atoms with Gasteiger partial charge in [0.2, 0.25) is 5.91 Å². The van der Waals surface area contributed by atoms with Crippen LogP contribution in [0, 0.1) is 0 Å². The fourth-order valence-corrected chi connectivity index (χ4v) is 5.23. The number of rotatable bonds is 5. The van der Waals surface area contributed by atoms with E-state index in [9.17, 15) is 9.59 Å². The standard InChI is InChI=1S/C23H24ClN3O2S/c1-2-16-7-3-5-9-18(16)25-20(28)15-26-11-13-27(14-12-26)23(29)22-21(24)17-8-4-6-10-19(17)30-22/h3-10H,2,11-15H2,1H3,(H,25,28). The SMILES string of the molecule is CCc1ccccc1NC(=O)CN1CCN(C(=O)c2sc3ccccc3c2Cl)CC1. The summed E-state index contributed by atoms with van der Waals surface area (Å²) in [5.74, 6) is -0.0506. The van der Waals surface area contributed by atoms with Crippen LogP contribution in [0.4, 0.5) is 5.69 Å². The zero-order valence-electron chi connectivity index (χ0n) is 16.9. The molecule has 0 saturated carbocycles. The lowest BCUT2D eigenvalue weighted by Gasteiger charge is -2.34. The Morgan fingerprint density at radius 1 is 1.03 bits per heavy atom. The van der Waals surface area contributed by atoms with Crippen LogP contribution in [0.15, 0.2) is 48.5 Å². The Kier molecular flexibility index (Phi) is 6.37. The number of hydrogen-bond acceptors (Lipinski definition) is 4. The van der Waals surface area contributed by atoms with Crippen LogP contribution in [0.5, 0.6) is 0 Å². The molecule has 3 aromatic rings. The van der Waals surface area contributed by atoms with Crippen LogP contribution in [0.25, 0.3) is 10.1 Å². The molecule has 1 aliphatic heterocycles. The number of amides is 2. The lowest BCUT2D eigenvalue weighted by atomic mass is 10.1. The van der Waals surface area contributed by atoms with E-state index in [2.05, 4.69) is 17.1 Å². The van der Waals surface area contributed by atoms with Crippen molar-refractivity contribution in [3.8, 4) is 0 Å². The van der Waals surface area contributed by atoms with E-state index in [1.807, 2.05) is 53.4 Å². The molecular weight excluding hydrogens is 418 g/mol. The van der Waals surface area contributed by atoms with Crippen LogP contribution < -0.4 is 5.32 Å². The number of aryl methyl sites for hydroxylation is 1. The number of benzene rings is 2. The summed E-state index contributed by atoms with van der Waals surface area (Å²) in [5, 5.41) is 4.48. The summed E-state index contributed by atoms with van der Waals surface area (Å²) in [7, 11) is 0. The quantitative estimate of drug-likeness (QED) is 0.633. The van der Waals surface area contributed by atoms with E-state index >= 15 is 0 Å². The van der Waals surface area contributed by atoms with Gasteiger partial charge in [0.1, 0.15) is 4.88 Å². The van der Waals surface area contributed by atoms with Gasteiger partial charge in [0.05, 0.1) is 11.6 Å². The summed E-state index contributed by atoms with van der Waals surface area (Å²) in [6.45, 7) is 4.90. The first-order valence-corrected chi connectivity index (χ1v) is 11.3. The van der Waals surface area contributed by atoms with E-state index in [4.69, 9.17) is 11.6 Å². The second-order valence-electron chi connectivity index (χ2n) is 7.37. The van der Waals surface area contributed by atoms with Crippen molar-refractivity contribution in [1.82, 2.24) is 9.80 Å². The molecule has 0 radical (unpaired) electrons. The van der Waals surface area contributed by atoms with Crippen LogP contribution in [0.1, 0.15) is 22.2 Å². The highest BCUT2D eigenvalue weighted by Crippen LogP contribution is 2.36.